The molecule has 1 saturated heterocycles. The number of carbonyl (C=O) groups is 1. The predicted octanol–water partition coefficient (Wildman–Crippen LogP) is 5.57. The molecule has 4 aromatic rings. The Morgan fingerprint density at radius 2 is 1.83 bits per heavy atom. The fourth-order valence-electron chi connectivity index (χ4n) is 4.29. The van der Waals surface area contributed by atoms with Gasteiger partial charge in [0, 0.05) is 29.6 Å². The van der Waals surface area contributed by atoms with Gasteiger partial charge in [0.25, 0.3) is 0 Å². The molecule has 2 heterocycles. The quantitative estimate of drug-likeness (QED) is 0.437. The van der Waals surface area contributed by atoms with Crippen LogP contribution in [0.2, 0.25) is 5.02 Å². The molecule has 150 valence electrons. The summed E-state index contributed by atoms with van der Waals surface area (Å²) in [4.78, 5) is 19.7. The Hall–Kier alpha value is -3.11. The van der Waals surface area contributed by atoms with Gasteiger partial charge in [0.15, 0.2) is 0 Å². The first-order valence-electron chi connectivity index (χ1n) is 10.2. The molecule has 3 aromatic carbocycles. The van der Waals surface area contributed by atoms with Gasteiger partial charge >= 0.3 is 0 Å². The Kier molecular flexibility index (Phi) is 4.80. The zero-order valence-electron chi connectivity index (χ0n) is 16.8. The third-order valence-electron chi connectivity index (χ3n) is 5.77. The number of aromatic nitrogens is 2. The average Bonchev–Trinajstić information content (AvgIpc) is 3.30. The summed E-state index contributed by atoms with van der Waals surface area (Å²) in [5.74, 6) is 1.12. The van der Waals surface area contributed by atoms with Crippen LogP contribution in [-0.2, 0) is 11.3 Å². The number of hydrogen-bond donors (Lipinski definition) is 0. The summed E-state index contributed by atoms with van der Waals surface area (Å²) in [7, 11) is 0. The molecular formula is C25H22ClN3O. The summed E-state index contributed by atoms with van der Waals surface area (Å²) in [5.41, 5.74) is 5.16. The van der Waals surface area contributed by atoms with Crippen molar-refractivity contribution in [3.05, 3.63) is 94.8 Å². The number of hydrogen-bond acceptors (Lipinski definition) is 2. The van der Waals surface area contributed by atoms with Gasteiger partial charge < -0.3 is 9.47 Å². The van der Waals surface area contributed by atoms with Crippen molar-refractivity contribution in [3.8, 4) is 0 Å². The van der Waals surface area contributed by atoms with Crippen molar-refractivity contribution in [1.82, 2.24) is 9.55 Å². The molecule has 1 fully saturated rings. The van der Waals surface area contributed by atoms with Crippen molar-refractivity contribution >= 4 is 34.2 Å². The van der Waals surface area contributed by atoms with E-state index in [4.69, 9.17) is 16.6 Å². The van der Waals surface area contributed by atoms with Crippen LogP contribution in [0.25, 0.3) is 11.0 Å². The molecule has 5 heteroatoms. The summed E-state index contributed by atoms with van der Waals surface area (Å²) in [5, 5.41) is 0.741. The van der Waals surface area contributed by atoms with Gasteiger partial charge in [0.05, 0.1) is 17.6 Å². The van der Waals surface area contributed by atoms with Crippen molar-refractivity contribution in [3.63, 3.8) is 0 Å². The molecule has 0 spiro atoms. The Balaban J connectivity index is 1.54. The number of rotatable bonds is 4. The zero-order chi connectivity index (χ0) is 20.7. The van der Waals surface area contributed by atoms with E-state index in [-0.39, 0.29) is 11.8 Å². The molecule has 0 bridgehead atoms. The van der Waals surface area contributed by atoms with E-state index in [1.165, 1.54) is 0 Å². The molecule has 5 rings (SSSR count). The van der Waals surface area contributed by atoms with Gasteiger partial charge in [0.2, 0.25) is 5.91 Å². The largest absolute Gasteiger partial charge is 0.323 e. The van der Waals surface area contributed by atoms with Crippen LogP contribution in [0.5, 0.6) is 0 Å². The maximum absolute atomic E-state index is 12.9. The molecule has 30 heavy (non-hydrogen) atoms. The second-order valence-corrected chi connectivity index (χ2v) is 8.29. The zero-order valence-corrected chi connectivity index (χ0v) is 17.5. The first kappa shape index (κ1) is 18.9. The first-order chi connectivity index (χ1) is 14.6. The fraction of sp³-hybridized carbons (Fsp3) is 0.200. The summed E-state index contributed by atoms with van der Waals surface area (Å²) < 4.78 is 2.22. The monoisotopic (exact) mass is 415 g/mol. The standard InChI is InChI=1S/C25H22ClN3O/c1-17-7-6-9-20(13-17)28-16-19(14-24(28)30)25-27-22-11-4-5-12-23(22)29(25)15-18-8-2-3-10-21(18)26/h2-13,19H,14-16H2,1H3/t19-/m0/s1. The number of aryl methyl sites for hydroxylation is 1. The number of fused-ring (bicyclic) bond motifs is 1. The van der Waals surface area contributed by atoms with Crippen LogP contribution in [0.1, 0.15) is 29.3 Å². The van der Waals surface area contributed by atoms with E-state index in [0.29, 0.717) is 19.5 Å². The van der Waals surface area contributed by atoms with Gasteiger partial charge in [-0.3, -0.25) is 4.79 Å². The number of nitrogens with zero attached hydrogens (tertiary/aromatic N) is 3. The van der Waals surface area contributed by atoms with E-state index in [0.717, 1.165) is 38.7 Å². The van der Waals surface area contributed by atoms with Crippen LogP contribution < -0.4 is 4.90 Å². The Morgan fingerprint density at radius 1 is 1.03 bits per heavy atom. The van der Waals surface area contributed by atoms with Gasteiger partial charge in [-0.15, -0.1) is 0 Å². The number of carbonyl (C=O) groups excluding carboxylic acids is 1. The van der Waals surface area contributed by atoms with Crippen LogP contribution in [0.3, 0.4) is 0 Å². The van der Waals surface area contributed by atoms with Crippen LogP contribution in [0.4, 0.5) is 5.69 Å². The van der Waals surface area contributed by atoms with Crippen LogP contribution in [0, 0.1) is 6.92 Å². The SMILES string of the molecule is Cc1cccc(N2C[C@@H](c3nc4ccccc4n3Cc3ccccc3Cl)CC2=O)c1. The number of halogens is 1. The fourth-order valence-corrected chi connectivity index (χ4v) is 4.49. The maximum atomic E-state index is 12.9. The molecular weight excluding hydrogens is 394 g/mol. The van der Waals surface area contributed by atoms with E-state index >= 15 is 0 Å². The minimum Gasteiger partial charge on any atom is -0.323 e. The highest BCUT2D eigenvalue weighted by Crippen LogP contribution is 2.34. The summed E-state index contributed by atoms with van der Waals surface area (Å²) >= 11 is 6.45. The highest BCUT2D eigenvalue weighted by molar-refractivity contribution is 6.31. The van der Waals surface area contributed by atoms with Crippen LogP contribution in [-0.4, -0.2) is 22.0 Å². The van der Waals surface area contributed by atoms with Crippen molar-refractivity contribution in [1.29, 1.82) is 0 Å². The van der Waals surface area contributed by atoms with E-state index < -0.39 is 0 Å². The van der Waals surface area contributed by atoms with E-state index in [1.54, 1.807) is 0 Å². The van der Waals surface area contributed by atoms with Crippen LogP contribution >= 0.6 is 11.6 Å². The Morgan fingerprint density at radius 3 is 2.67 bits per heavy atom. The first-order valence-corrected chi connectivity index (χ1v) is 10.5. The van der Waals surface area contributed by atoms with Gasteiger partial charge in [-0.25, -0.2) is 4.98 Å². The second-order valence-electron chi connectivity index (χ2n) is 7.88. The lowest BCUT2D eigenvalue weighted by Crippen LogP contribution is -2.24. The molecule has 0 radical (unpaired) electrons. The molecule has 1 aliphatic rings. The number of imidazole rings is 1. The van der Waals surface area contributed by atoms with Gasteiger partial charge in [-0.1, -0.05) is 54.1 Å². The third kappa shape index (κ3) is 3.37. The van der Waals surface area contributed by atoms with Crippen LogP contribution in [0.15, 0.2) is 72.8 Å². The lowest BCUT2D eigenvalue weighted by Gasteiger charge is -2.18. The Labute approximate surface area is 180 Å². The van der Waals surface area contributed by atoms with E-state index in [2.05, 4.69) is 16.7 Å². The molecule has 0 unspecified atom stereocenters. The molecule has 1 amide bonds. The molecule has 0 saturated carbocycles. The normalized spacial score (nSPS) is 16.5. The number of amides is 1. The second kappa shape index (κ2) is 7.62. The third-order valence-corrected chi connectivity index (χ3v) is 6.14. The smallest absolute Gasteiger partial charge is 0.227 e. The van der Waals surface area contributed by atoms with Gasteiger partial charge in [0.1, 0.15) is 5.82 Å². The minimum absolute atomic E-state index is 0.0351. The van der Waals surface area contributed by atoms with Crippen molar-refractivity contribution in [2.24, 2.45) is 0 Å². The summed E-state index contributed by atoms with van der Waals surface area (Å²) in [6.45, 7) is 3.31. The molecule has 0 aliphatic carbocycles. The molecule has 1 aromatic heterocycles. The minimum atomic E-state index is 0.0351. The summed E-state index contributed by atoms with van der Waals surface area (Å²) in [6, 6.07) is 24.1. The number of benzene rings is 3. The highest BCUT2D eigenvalue weighted by Gasteiger charge is 2.35. The lowest BCUT2D eigenvalue weighted by molar-refractivity contribution is -0.117. The number of anilines is 1. The maximum Gasteiger partial charge on any atom is 0.227 e. The average molecular weight is 416 g/mol. The predicted molar refractivity (Wildman–Crippen MR) is 121 cm³/mol. The highest BCUT2D eigenvalue weighted by atomic mass is 35.5. The molecule has 4 nitrogen and oxygen atoms in total. The topological polar surface area (TPSA) is 38.1 Å². The van der Waals surface area contributed by atoms with Gasteiger partial charge in [-0.2, -0.15) is 0 Å². The van der Waals surface area contributed by atoms with E-state index in [9.17, 15) is 4.79 Å². The van der Waals surface area contributed by atoms with Gasteiger partial charge in [-0.05, 0) is 48.4 Å². The van der Waals surface area contributed by atoms with Crippen molar-refractivity contribution in [2.75, 3.05) is 11.4 Å². The Bertz CT molecular complexity index is 1250. The van der Waals surface area contributed by atoms with Crippen molar-refractivity contribution in [2.45, 2.75) is 25.8 Å². The number of para-hydroxylation sites is 2. The summed E-state index contributed by atoms with van der Waals surface area (Å²) in [6.07, 6.45) is 0.458. The molecule has 1 aliphatic heterocycles. The van der Waals surface area contributed by atoms with E-state index in [1.807, 2.05) is 72.5 Å². The molecule has 1 atom stereocenters. The lowest BCUT2D eigenvalue weighted by atomic mass is 10.1. The molecule has 0 N–H and O–H groups in total. The van der Waals surface area contributed by atoms with Crippen molar-refractivity contribution < 1.29 is 4.79 Å².